The highest BCUT2D eigenvalue weighted by Gasteiger charge is 2.41. The minimum Gasteiger partial charge on any atom is -0.388 e. The molecule has 1 N–H and O–H groups in total. The van der Waals surface area contributed by atoms with Crippen molar-refractivity contribution in [2.45, 2.75) is 50.3 Å². The van der Waals surface area contributed by atoms with Gasteiger partial charge in [-0.3, -0.25) is 0 Å². The van der Waals surface area contributed by atoms with Crippen LogP contribution in [0.5, 0.6) is 0 Å². The summed E-state index contributed by atoms with van der Waals surface area (Å²) in [5.41, 5.74) is 1.30. The van der Waals surface area contributed by atoms with E-state index in [1.54, 1.807) is 12.1 Å². The molecule has 0 bridgehead atoms. The molecule has 1 aliphatic carbocycles. The van der Waals surface area contributed by atoms with Crippen molar-refractivity contribution in [2.24, 2.45) is 5.16 Å². The number of imidazole rings is 1. The molecule has 9 heteroatoms. The zero-order valence-corrected chi connectivity index (χ0v) is 16.8. The van der Waals surface area contributed by atoms with Gasteiger partial charge < -0.3 is 9.82 Å². The number of rotatable bonds is 2. The predicted molar refractivity (Wildman–Crippen MR) is 110 cm³/mol. The Hall–Kier alpha value is -2.61. The Kier molecular flexibility index (Phi) is 5.22. The van der Waals surface area contributed by atoms with Crippen molar-refractivity contribution in [1.82, 2.24) is 15.0 Å². The second kappa shape index (κ2) is 7.58. The van der Waals surface area contributed by atoms with Crippen LogP contribution in [-0.4, -0.2) is 26.3 Å². The third-order valence-electron chi connectivity index (χ3n) is 5.76. The van der Waals surface area contributed by atoms with Crippen LogP contribution in [-0.2, 0) is 11.0 Å². The zero-order chi connectivity index (χ0) is 20.1. The maximum Gasteiger partial charge on any atom is 0.417 e. The number of benzene rings is 1. The van der Waals surface area contributed by atoms with Crippen molar-refractivity contribution in [3.8, 4) is 11.1 Å². The van der Waals surface area contributed by atoms with Gasteiger partial charge in [-0.1, -0.05) is 29.8 Å². The van der Waals surface area contributed by atoms with E-state index in [0.29, 0.717) is 29.0 Å². The van der Waals surface area contributed by atoms with Gasteiger partial charge >= 0.3 is 6.18 Å². The number of fused-ring (bicyclic) bond motifs is 1. The second-order valence-corrected chi connectivity index (χ2v) is 7.77. The lowest BCUT2D eigenvalue weighted by molar-refractivity contribution is -0.137. The fourth-order valence-corrected chi connectivity index (χ4v) is 4.27. The molecule has 3 heterocycles. The normalized spacial score (nSPS) is 18.2. The molecule has 5 rings (SSSR count). The van der Waals surface area contributed by atoms with Crippen LogP contribution in [0.2, 0.25) is 0 Å². The van der Waals surface area contributed by atoms with Crippen LogP contribution in [0.25, 0.3) is 22.3 Å². The molecule has 0 amide bonds. The van der Waals surface area contributed by atoms with Gasteiger partial charge in [0.2, 0.25) is 0 Å². The van der Waals surface area contributed by atoms with Gasteiger partial charge in [-0.25, -0.2) is 9.97 Å². The molecule has 1 fully saturated rings. The van der Waals surface area contributed by atoms with Crippen LogP contribution in [0, 0.1) is 0 Å². The summed E-state index contributed by atoms with van der Waals surface area (Å²) in [5, 5.41) is 4.25. The van der Waals surface area contributed by atoms with Crippen LogP contribution in [0.4, 0.5) is 13.2 Å². The molecule has 1 aliphatic heterocycles. The highest BCUT2D eigenvalue weighted by molar-refractivity contribution is 6.00. The summed E-state index contributed by atoms with van der Waals surface area (Å²) < 4.78 is 40.1. The summed E-state index contributed by atoms with van der Waals surface area (Å²) in [4.78, 5) is 17.7. The van der Waals surface area contributed by atoms with Gasteiger partial charge in [-0.05, 0) is 43.4 Å². The third-order valence-corrected chi connectivity index (χ3v) is 5.76. The summed E-state index contributed by atoms with van der Waals surface area (Å²) >= 11 is 0. The molecule has 2 aromatic heterocycles. The molecule has 3 aromatic rings. The van der Waals surface area contributed by atoms with Crippen molar-refractivity contribution in [3.63, 3.8) is 0 Å². The monoisotopic (exact) mass is 436 g/mol. The predicted octanol–water partition coefficient (Wildman–Crippen LogP) is 5.89. The van der Waals surface area contributed by atoms with Crippen molar-refractivity contribution < 1.29 is 18.0 Å². The fourth-order valence-electron chi connectivity index (χ4n) is 4.27. The zero-order valence-electron chi connectivity index (χ0n) is 16.0. The number of alkyl halides is 3. The molecular formula is C21H20ClF3N4O. The standard InChI is InChI=1S/C21H19F3N4O.ClH/c22-21(23,24)15-7-3-2-6-14(15)13-10-16-18(25-12-13)27-19(26-16)17-11-20(29-28-17)8-4-1-5-9-20;/h2-3,6-7,10,12H,1,4-5,8-9,11H2,(H,25,26,27);1H. The van der Waals surface area contributed by atoms with Crippen molar-refractivity contribution in [2.75, 3.05) is 0 Å². The molecule has 0 unspecified atom stereocenters. The summed E-state index contributed by atoms with van der Waals surface area (Å²) in [6.45, 7) is 0. The van der Waals surface area contributed by atoms with Gasteiger partial charge in [0.15, 0.2) is 11.5 Å². The van der Waals surface area contributed by atoms with E-state index < -0.39 is 11.7 Å². The average Bonchev–Trinajstić information content (AvgIpc) is 3.32. The van der Waals surface area contributed by atoms with Gasteiger partial charge in [0, 0.05) is 18.2 Å². The largest absolute Gasteiger partial charge is 0.417 e. The van der Waals surface area contributed by atoms with Crippen molar-refractivity contribution >= 4 is 29.3 Å². The topological polar surface area (TPSA) is 63.2 Å². The Balaban J connectivity index is 0.00000218. The van der Waals surface area contributed by atoms with Crippen LogP contribution < -0.4 is 0 Å². The molecule has 5 nitrogen and oxygen atoms in total. The number of nitrogens with zero attached hydrogens (tertiary/aromatic N) is 3. The Labute approximate surface area is 177 Å². The number of H-pyrrole nitrogens is 1. The summed E-state index contributed by atoms with van der Waals surface area (Å²) in [6, 6.07) is 7.10. The van der Waals surface area contributed by atoms with Gasteiger partial charge in [0.25, 0.3) is 0 Å². The molecule has 0 saturated heterocycles. The lowest BCUT2D eigenvalue weighted by atomic mass is 9.81. The molecule has 1 aromatic carbocycles. The van der Waals surface area contributed by atoms with Crippen LogP contribution in [0.15, 0.2) is 41.7 Å². The SMILES string of the molecule is Cl.FC(F)(F)c1ccccc1-c1cnc2[nH]c(C3=NOC4(CCCCC4)C3)nc2c1. The Morgan fingerprint density at radius 1 is 1.07 bits per heavy atom. The molecule has 1 saturated carbocycles. The number of aromatic amines is 1. The smallest absolute Gasteiger partial charge is 0.388 e. The molecule has 30 heavy (non-hydrogen) atoms. The first-order valence-corrected chi connectivity index (χ1v) is 9.71. The first kappa shape index (κ1) is 20.7. The summed E-state index contributed by atoms with van der Waals surface area (Å²) in [6.07, 6.45) is 3.14. The number of halogens is 4. The highest BCUT2D eigenvalue weighted by Crippen LogP contribution is 2.40. The number of pyridine rings is 1. The Morgan fingerprint density at radius 2 is 1.83 bits per heavy atom. The molecular weight excluding hydrogens is 417 g/mol. The van der Waals surface area contributed by atoms with E-state index in [-0.39, 0.29) is 23.6 Å². The molecule has 1 spiro atoms. The van der Waals surface area contributed by atoms with Gasteiger partial charge in [-0.15, -0.1) is 12.4 Å². The lowest BCUT2D eigenvalue weighted by Crippen LogP contribution is -2.31. The maximum atomic E-state index is 13.4. The first-order chi connectivity index (χ1) is 13.9. The van der Waals surface area contributed by atoms with Crippen molar-refractivity contribution in [3.05, 3.63) is 47.9 Å². The van der Waals surface area contributed by atoms with Crippen LogP contribution in [0.1, 0.15) is 49.9 Å². The lowest BCUT2D eigenvalue weighted by Gasteiger charge is -2.30. The minimum absolute atomic E-state index is 0. The molecule has 0 atom stereocenters. The quantitative estimate of drug-likeness (QED) is 0.544. The number of oxime groups is 1. The van der Waals surface area contributed by atoms with E-state index in [2.05, 4.69) is 20.1 Å². The number of hydrogen-bond acceptors (Lipinski definition) is 4. The average molecular weight is 437 g/mol. The number of nitrogens with one attached hydrogen (secondary N) is 1. The molecule has 2 aliphatic rings. The van der Waals surface area contributed by atoms with Gasteiger partial charge in [0.1, 0.15) is 16.8 Å². The summed E-state index contributed by atoms with van der Waals surface area (Å²) in [5.74, 6) is 0.566. The van der Waals surface area contributed by atoms with Gasteiger partial charge in [-0.2, -0.15) is 13.2 Å². The fraction of sp³-hybridized carbons (Fsp3) is 0.381. The molecule has 0 radical (unpaired) electrons. The second-order valence-electron chi connectivity index (χ2n) is 7.77. The Morgan fingerprint density at radius 3 is 2.60 bits per heavy atom. The van der Waals surface area contributed by atoms with Crippen molar-refractivity contribution in [1.29, 1.82) is 0 Å². The van der Waals surface area contributed by atoms with Crippen LogP contribution in [0.3, 0.4) is 0 Å². The van der Waals surface area contributed by atoms with E-state index in [0.717, 1.165) is 37.5 Å². The van der Waals surface area contributed by atoms with E-state index in [1.807, 2.05) is 0 Å². The first-order valence-electron chi connectivity index (χ1n) is 9.71. The summed E-state index contributed by atoms with van der Waals surface area (Å²) in [7, 11) is 0. The van der Waals surface area contributed by atoms with E-state index in [4.69, 9.17) is 4.84 Å². The molecule has 158 valence electrons. The third kappa shape index (κ3) is 3.64. The van der Waals surface area contributed by atoms with E-state index >= 15 is 0 Å². The highest BCUT2D eigenvalue weighted by atomic mass is 35.5. The van der Waals surface area contributed by atoms with E-state index in [9.17, 15) is 13.2 Å². The van der Waals surface area contributed by atoms with Gasteiger partial charge in [0.05, 0.1) is 5.56 Å². The minimum atomic E-state index is -4.44. The maximum absolute atomic E-state index is 13.4. The Bertz CT molecular complexity index is 1100. The van der Waals surface area contributed by atoms with Crippen LogP contribution >= 0.6 is 12.4 Å². The number of hydrogen-bond donors (Lipinski definition) is 1. The number of aromatic nitrogens is 3. The van der Waals surface area contributed by atoms with E-state index in [1.165, 1.54) is 24.8 Å².